The Labute approximate surface area is 92.0 Å². The maximum atomic E-state index is 11.8. The van der Waals surface area contributed by atoms with Crippen LogP contribution in [-0.4, -0.2) is 38.3 Å². The largest absolute Gasteiger partial charge is 0.481 e. The van der Waals surface area contributed by atoms with Crippen LogP contribution in [0.25, 0.3) is 0 Å². The van der Waals surface area contributed by atoms with Crippen LogP contribution in [0.2, 0.25) is 0 Å². The first-order valence-electron chi connectivity index (χ1n) is 4.30. The van der Waals surface area contributed by atoms with E-state index in [1.54, 1.807) is 0 Å². The molecule has 0 aromatic carbocycles. The smallest absolute Gasteiger partial charge is 0.471 e. The zero-order valence-corrected chi connectivity index (χ0v) is 8.21. The molecule has 0 unspecified atom stereocenters. The Balaban J connectivity index is 2.57. The highest BCUT2D eigenvalue weighted by Gasteiger charge is 2.39. The van der Waals surface area contributed by atoms with Crippen LogP contribution in [0.1, 0.15) is 12.2 Å². The van der Waals surface area contributed by atoms with Crippen LogP contribution >= 0.6 is 0 Å². The van der Waals surface area contributed by atoms with Gasteiger partial charge in [-0.25, -0.2) is 0 Å². The number of carboxylic acid groups (broad SMARTS) is 1. The molecule has 0 atom stereocenters. The van der Waals surface area contributed by atoms with Crippen molar-refractivity contribution in [3.8, 4) is 0 Å². The fourth-order valence-electron chi connectivity index (χ4n) is 0.861. The average Bonchev–Trinajstić information content (AvgIpc) is 2.61. The third-order valence-corrected chi connectivity index (χ3v) is 1.59. The van der Waals surface area contributed by atoms with Crippen LogP contribution in [0.15, 0.2) is 0 Å². The number of aryl methyl sites for hydroxylation is 1. The van der Waals surface area contributed by atoms with Crippen molar-refractivity contribution in [2.45, 2.75) is 19.0 Å². The van der Waals surface area contributed by atoms with Gasteiger partial charge in [0.15, 0.2) is 0 Å². The molecule has 0 bridgehead atoms. The van der Waals surface area contributed by atoms with Crippen LogP contribution < -0.4 is 5.32 Å². The third-order valence-electron chi connectivity index (χ3n) is 1.59. The lowest BCUT2D eigenvalue weighted by molar-refractivity contribution is -0.167. The molecule has 0 aliphatic carbocycles. The summed E-state index contributed by atoms with van der Waals surface area (Å²) in [6, 6.07) is 0. The van der Waals surface area contributed by atoms with Crippen molar-refractivity contribution < 1.29 is 27.9 Å². The summed E-state index contributed by atoms with van der Waals surface area (Å²) in [6.07, 6.45) is -5.30. The molecule has 0 fully saturated rings. The predicted molar refractivity (Wildman–Crippen MR) is 47.0 cm³/mol. The van der Waals surface area contributed by atoms with Crippen molar-refractivity contribution in [1.82, 2.24) is 15.2 Å². The fourth-order valence-corrected chi connectivity index (χ4v) is 0.861. The molecular formula is C7H7F3N4O3. The summed E-state index contributed by atoms with van der Waals surface area (Å²) in [5, 5.41) is 15.3. The molecule has 3 N–H and O–H groups in total. The standard InChI is InChI=1S/C7H7F3N4O3/c8-7(9,10)5(17)12-6-11-3(13-14-6)1-2-4(15)16/h1-2H2,(H,15,16)(H2,11,12,13,14,17). The number of hydrogen-bond donors (Lipinski definition) is 3. The summed E-state index contributed by atoms with van der Waals surface area (Å²) >= 11 is 0. The van der Waals surface area contributed by atoms with Gasteiger partial charge in [-0.05, 0) is 0 Å². The molecule has 0 spiro atoms. The molecule has 0 aliphatic heterocycles. The van der Waals surface area contributed by atoms with Crippen LogP contribution in [0.5, 0.6) is 0 Å². The lowest BCUT2D eigenvalue weighted by Gasteiger charge is -2.03. The Kier molecular flexibility index (Phi) is 3.66. The van der Waals surface area contributed by atoms with Crippen LogP contribution in [0, 0.1) is 0 Å². The monoisotopic (exact) mass is 252 g/mol. The number of carbonyl (C=O) groups excluding carboxylic acids is 1. The number of H-pyrrole nitrogens is 1. The van der Waals surface area contributed by atoms with E-state index < -0.39 is 24.0 Å². The normalized spacial score (nSPS) is 11.2. The zero-order chi connectivity index (χ0) is 13.1. The second kappa shape index (κ2) is 4.80. The van der Waals surface area contributed by atoms with E-state index >= 15 is 0 Å². The van der Waals surface area contributed by atoms with E-state index in [0.29, 0.717) is 0 Å². The van der Waals surface area contributed by atoms with Crippen LogP contribution in [0.4, 0.5) is 19.1 Å². The van der Waals surface area contributed by atoms with Crippen molar-refractivity contribution in [3.63, 3.8) is 0 Å². The highest BCUT2D eigenvalue weighted by molar-refractivity contribution is 5.93. The number of aromatic amines is 1. The van der Waals surface area contributed by atoms with Gasteiger partial charge in [-0.3, -0.25) is 20.0 Å². The van der Waals surface area contributed by atoms with Gasteiger partial charge in [-0.2, -0.15) is 18.2 Å². The molecule has 0 radical (unpaired) electrons. The molecule has 94 valence electrons. The SMILES string of the molecule is O=C(O)CCc1nc(NC(=O)C(F)(F)F)n[nH]1. The Morgan fingerprint density at radius 2 is 2.06 bits per heavy atom. The van der Waals surface area contributed by atoms with Gasteiger partial charge in [-0.1, -0.05) is 0 Å². The fraction of sp³-hybridized carbons (Fsp3) is 0.429. The Morgan fingerprint density at radius 1 is 1.41 bits per heavy atom. The van der Waals surface area contributed by atoms with E-state index in [1.165, 1.54) is 5.32 Å². The van der Waals surface area contributed by atoms with Crippen molar-refractivity contribution in [2.75, 3.05) is 5.32 Å². The average molecular weight is 252 g/mol. The topological polar surface area (TPSA) is 108 Å². The Bertz CT molecular complexity index is 428. The van der Waals surface area contributed by atoms with Crippen LogP contribution in [0.3, 0.4) is 0 Å². The number of hydrogen-bond acceptors (Lipinski definition) is 4. The van der Waals surface area contributed by atoms with Crippen molar-refractivity contribution in [2.24, 2.45) is 0 Å². The summed E-state index contributed by atoms with van der Waals surface area (Å²) in [5.41, 5.74) is 0. The van der Waals surface area contributed by atoms with Gasteiger partial charge in [0.1, 0.15) is 5.82 Å². The van der Waals surface area contributed by atoms with E-state index in [1.807, 2.05) is 0 Å². The number of nitrogens with one attached hydrogen (secondary N) is 2. The molecule has 17 heavy (non-hydrogen) atoms. The molecule has 0 saturated heterocycles. The van der Waals surface area contributed by atoms with Gasteiger partial charge < -0.3 is 5.11 Å². The first-order valence-corrected chi connectivity index (χ1v) is 4.30. The summed E-state index contributed by atoms with van der Waals surface area (Å²) < 4.78 is 35.5. The lowest BCUT2D eigenvalue weighted by atomic mass is 10.3. The molecule has 0 saturated carbocycles. The highest BCUT2D eigenvalue weighted by atomic mass is 19.4. The molecule has 0 aliphatic rings. The van der Waals surface area contributed by atoms with Gasteiger partial charge in [0.25, 0.3) is 0 Å². The van der Waals surface area contributed by atoms with Crippen molar-refractivity contribution >= 4 is 17.8 Å². The van der Waals surface area contributed by atoms with Gasteiger partial charge in [0.2, 0.25) is 5.95 Å². The highest BCUT2D eigenvalue weighted by Crippen LogP contribution is 2.16. The van der Waals surface area contributed by atoms with Gasteiger partial charge in [0, 0.05) is 6.42 Å². The number of nitrogens with zero attached hydrogens (tertiary/aromatic N) is 2. The minimum atomic E-state index is -5.03. The van der Waals surface area contributed by atoms with Crippen molar-refractivity contribution in [1.29, 1.82) is 0 Å². The molecule has 1 amide bonds. The Hall–Kier alpha value is -2.13. The molecular weight excluding hydrogens is 245 g/mol. The number of carbonyl (C=O) groups is 2. The maximum Gasteiger partial charge on any atom is 0.471 e. The summed E-state index contributed by atoms with van der Waals surface area (Å²) in [6.45, 7) is 0. The van der Waals surface area contributed by atoms with Gasteiger partial charge in [0.05, 0.1) is 6.42 Å². The van der Waals surface area contributed by atoms with Crippen molar-refractivity contribution in [3.05, 3.63) is 5.82 Å². The molecule has 7 nitrogen and oxygen atoms in total. The number of halogens is 3. The molecule has 1 rings (SSSR count). The number of aliphatic carboxylic acids is 1. The number of alkyl halides is 3. The van der Waals surface area contributed by atoms with E-state index in [4.69, 9.17) is 5.11 Å². The van der Waals surface area contributed by atoms with E-state index in [0.717, 1.165) is 0 Å². The number of carboxylic acids is 1. The third kappa shape index (κ3) is 4.09. The minimum Gasteiger partial charge on any atom is -0.481 e. The maximum absolute atomic E-state index is 11.8. The lowest BCUT2D eigenvalue weighted by Crippen LogP contribution is -2.30. The molecule has 10 heteroatoms. The van der Waals surface area contributed by atoms with E-state index in [2.05, 4.69) is 15.2 Å². The number of aromatic nitrogens is 3. The Morgan fingerprint density at radius 3 is 2.59 bits per heavy atom. The predicted octanol–water partition coefficient (Wildman–Crippen LogP) is 0.323. The second-order valence-corrected chi connectivity index (χ2v) is 2.95. The summed E-state index contributed by atoms with van der Waals surface area (Å²) in [4.78, 5) is 24.2. The first kappa shape index (κ1) is 12.9. The first-order chi connectivity index (χ1) is 7.79. The minimum absolute atomic E-state index is 0.0236. The number of amides is 1. The molecule has 1 heterocycles. The number of anilines is 1. The van der Waals surface area contributed by atoms with Gasteiger partial charge >= 0.3 is 18.1 Å². The summed E-state index contributed by atoms with van der Waals surface area (Å²) in [5.74, 6) is -3.75. The molecule has 1 aromatic rings. The van der Waals surface area contributed by atoms with Gasteiger partial charge in [-0.15, -0.1) is 5.10 Å². The molecule has 1 aromatic heterocycles. The zero-order valence-electron chi connectivity index (χ0n) is 8.21. The summed E-state index contributed by atoms with van der Waals surface area (Å²) in [7, 11) is 0. The van der Waals surface area contributed by atoms with E-state index in [9.17, 15) is 22.8 Å². The second-order valence-electron chi connectivity index (χ2n) is 2.95. The quantitative estimate of drug-likeness (QED) is 0.715. The van der Waals surface area contributed by atoms with Crippen LogP contribution in [-0.2, 0) is 16.0 Å². The van der Waals surface area contributed by atoms with E-state index in [-0.39, 0.29) is 18.7 Å². The number of rotatable bonds is 4.